The molecule has 0 unspecified atom stereocenters. The number of oxazole rings is 1. The van der Waals surface area contributed by atoms with E-state index in [2.05, 4.69) is 9.97 Å². The van der Waals surface area contributed by atoms with E-state index in [9.17, 15) is 0 Å². The molecular weight excluding hydrogens is 244 g/mol. The van der Waals surface area contributed by atoms with Crippen molar-refractivity contribution in [2.45, 2.75) is 26.1 Å². The molecule has 100 valence electrons. The summed E-state index contributed by atoms with van der Waals surface area (Å²) in [6.45, 7) is 3.42. The molecule has 1 aliphatic heterocycles. The van der Waals surface area contributed by atoms with Crippen molar-refractivity contribution < 1.29 is 13.9 Å². The van der Waals surface area contributed by atoms with E-state index in [-0.39, 0.29) is 6.29 Å². The van der Waals surface area contributed by atoms with Crippen molar-refractivity contribution in [3.8, 4) is 11.5 Å². The Balaban J connectivity index is 1.86. The number of rotatable bonds is 3. The van der Waals surface area contributed by atoms with E-state index in [1.54, 1.807) is 6.20 Å². The van der Waals surface area contributed by atoms with Crippen molar-refractivity contribution in [2.24, 2.45) is 0 Å². The van der Waals surface area contributed by atoms with Gasteiger partial charge in [-0.25, -0.2) is 9.97 Å². The number of aromatic nitrogens is 2. The molecule has 1 saturated heterocycles. The smallest absolute Gasteiger partial charge is 0.201 e. The molecule has 0 aromatic carbocycles. The van der Waals surface area contributed by atoms with Crippen LogP contribution < -0.4 is 0 Å². The van der Waals surface area contributed by atoms with Crippen molar-refractivity contribution in [1.82, 2.24) is 9.97 Å². The average molecular weight is 260 g/mol. The highest BCUT2D eigenvalue weighted by Crippen LogP contribution is 2.24. The summed E-state index contributed by atoms with van der Waals surface area (Å²) in [4.78, 5) is 8.71. The Bertz CT molecular complexity index is 547. The lowest BCUT2D eigenvalue weighted by Gasteiger charge is -2.22. The Labute approximate surface area is 111 Å². The fraction of sp³-hybridized carbons (Fsp3) is 0.429. The molecule has 0 aliphatic carbocycles. The number of pyridine rings is 1. The molecule has 1 fully saturated rings. The van der Waals surface area contributed by atoms with E-state index in [4.69, 9.17) is 13.9 Å². The van der Waals surface area contributed by atoms with Crippen LogP contribution in [0, 0.1) is 0 Å². The van der Waals surface area contributed by atoms with Crippen molar-refractivity contribution in [1.29, 1.82) is 0 Å². The van der Waals surface area contributed by atoms with Gasteiger partial charge in [0.1, 0.15) is 5.69 Å². The van der Waals surface area contributed by atoms with Crippen LogP contribution in [0.15, 0.2) is 28.8 Å². The fourth-order valence-electron chi connectivity index (χ4n) is 1.97. The van der Waals surface area contributed by atoms with Gasteiger partial charge in [0.2, 0.25) is 6.29 Å². The highest BCUT2D eigenvalue weighted by Gasteiger charge is 2.19. The van der Waals surface area contributed by atoms with Gasteiger partial charge in [-0.15, -0.1) is 0 Å². The molecular formula is C14H16N2O3. The molecule has 5 heteroatoms. The molecule has 2 aromatic heterocycles. The number of aryl methyl sites for hydroxylation is 1. The van der Waals surface area contributed by atoms with Gasteiger partial charge in [0.25, 0.3) is 0 Å². The van der Waals surface area contributed by atoms with Crippen molar-refractivity contribution >= 4 is 0 Å². The largest absolute Gasteiger partial charge is 0.439 e. The third kappa shape index (κ3) is 2.67. The summed E-state index contributed by atoms with van der Waals surface area (Å²) in [7, 11) is 0. The van der Waals surface area contributed by atoms with E-state index in [1.165, 1.54) is 0 Å². The molecule has 0 radical (unpaired) electrons. The summed E-state index contributed by atoms with van der Waals surface area (Å²) in [6, 6.07) is 5.72. The summed E-state index contributed by atoms with van der Waals surface area (Å²) in [6.07, 6.45) is 3.03. The maximum absolute atomic E-state index is 5.61. The highest BCUT2D eigenvalue weighted by molar-refractivity contribution is 5.50. The van der Waals surface area contributed by atoms with Crippen LogP contribution in [0.1, 0.15) is 31.2 Å². The molecule has 1 aliphatic rings. The lowest BCUT2D eigenvalue weighted by molar-refractivity contribution is -0.185. The summed E-state index contributed by atoms with van der Waals surface area (Å²) in [5, 5.41) is 0. The summed E-state index contributed by atoms with van der Waals surface area (Å²) >= 11 is 0. The van der Waals surface area contributed by atoms with Gasteiger partial charge in [-0.1, -0.05) is 13.0 Å². The summed E-state index contributed by atoms with van der Waals surface area (Å²) < 4.78 is 16.7. The summed E-state index contributed by atoms with van der Waals surface area (Å²) in [5.74, 6) is 1.39. The average Bonchev–Trinajstić information content (AvgIpc) is 2.97. The molecule has 2 aromatic rings. The molecule has 19 heavy (non-hydrogen) atoms. The minimum atomic E-state index is -0.373. The van der Waals surface area contributed by atoms with Crippen LogP contribution in [0.25, 0.3) is 11.5 Å². The molecule has 0 amide bonds. The van der Waals surface area contributed by atoms with Gasteiger partial charge >= 0.3 is 0 Å². The minimum Gasteiger partial charge on any atom is -0.439 e. The van der Waals surface area contributed by atoms with Crippen molar-refractivity contribution in [2.75, 3.05) is 13.2 Å². The number of nitrogens with zero attached hydrogens (tertiary/aromatic N) is 2. The topological polar surface area (TPSA) is 57.4 Å². The second kappa shape index (κ2) is 5.50. The first-order chi connectivity index (χ1) is 9.36. The Kier molecular flexibility index (Phi) is 3.57. The fourth-order valence-corrected chi connectivity index (χ4v) is 1.97. The Morgan fingerprint density at radius 1 is 1.26 bits per heavy atom. The standard InChI is InChI=1S/C14H16N2O3/c1-2-13-15-9-12(19-13)10-5-3-6-11(16-10)14-17-7-4-8-18-14/h3,5-6,9,14H,2,4,7-8H2,1H3. The molecule has 0 saturated carbocycles. The first-order valence-electron chi connectivity index (χ1n) is 6.52. The quantitative estimate of drug-likeness (QED) is 0.849. The zero-order valence-electron chi connectivity index (χ0n) is 10.8. The molecule has 5 nitrogen and oxygen atoms in total. The zero-order valence-corrected chi connectivity index (χ0v) is 10.8. The Morgan fingerprint density at radius 3 is 2.84 bits per heavy atom. The van der Waals surface area contributed by atoms with E-state index in [0.29, 0.717) is 24.9 Å². The molecule has 0 N–H and O–H groups in total. The normalized spacial score (nSPS) is 16.7. The molecule has 0 bridgehead atoms. The van der Waals surface area contributed by atoms with Crippen LogP contribution >= 0.6 is 0 Å². The Hall–Kier alpha value is -1.72. The van der Waals surface area contributed by atoms with Crippen molar-refractivity contribution in [3.05, 3.63) is 36.0 Å². The SMILES string of the molecule is CCc1ncc(-c2cccc(C3OCCCO3)n2)o1. The number of ether oxygens (including phenoxy) is 2. The van der Waals surface area contributed by atoms with Gasteiger partial charge in [0, 0.05) is 6.42 Å². The molecule has 0 atom stereocenters. The number of hydrogen-bond acceptors (Lipinski definition) is 5. The van der Waals surface area contributed by atoms with E-state index in [1.807, 2.05) is 25.1 Å². The van der Waals surface area contributed by atoms with Crippen LogP contribution in [-0.4, -0.2) is 23.2 Å². The van der Waals surface area contributed by atoms with Crippen LogP contribution in [0.3, 0.4) is 0 Å². The first-order valence-corrected chi connectivity index (χ1v) is 6.52. The second-order valence-corrected chi connectivity index (χ2v) is 4.35. The van der Waals surface area contributed by atoms with Crippen LogP contribution in [-0.2, 0) is 15.9 Å². The van der Waals surface area contributed by atoms with E-state index in [0.717, 1.165) is 24.2 Å². The Morgan fingerprint density at radius 2 is 2.11 bits per heavy atom. The van der Waals surface area contributed by atoms with Gasteiger partial charge in [-0.05, 0) is 18.6 Å². The molecule has 3 heterocycles. The van der Waals surface area contributed by atoms with Gasteiger partial charge in [0.05, 0.1) is 25.1 Å². The van der Waals surface area contributed by atoms with Gasteiger partial charge in [-0.2, -0.15) is 0 Å². The maximum atomic E-state index is 5.61. The highest BCUT2D eigenvalue weighted by atomic mass is 16.7. The van der Waals surface area contributed by atoms with Gasteiger partial charge in [0.15, 0.2) is 11.7 Å². The first kappa shape index (κ1) is 12.3. The molecule has 0 spiro atoms. The maximum Gasteiger partial charge on any atom is 0.201 e. The second-order valence-electron chi connectivity index (χ2n) is 4.35. The molecule has 3 rings (SSSR count). The van der Waals surface area contributed by atoms with E-state index < -0.39 is 0 Å². The predicted octanol–water partition coefficient (Wildman–Crippen LogP) is 2.73. The predicted molar refractivity (Wildman–Crippen MR) is 68.4 cm³/mol. The number of hydrogen-bond donors (Lipinski definition) is 0. The lowest BCUT2D eigenvalue weighted by atomic mass is 10.2. The van der Waals surface area contributed by atoms with Gasteiger partial charge < -0.3 is 13.9 Å². The van der Waals surface area contributed by atoms with Crippen LogP contribution in [0.5, 0.6) is 0 Å². The monoisotopic (exact) mass is 260 g/mol. The zero-order chi connectivity index (χ0) is 13.1. The lowest BCUT2D eigenvalue weighted by Crippen LogP contribution is -2.18. The summed E-state index contributed by atoms with van der Waals surface area (Å²) in [5.41, 5.74) is 1.52. The minimum absolute atomic E-state index is 0.373. The van der Waals surface area contributed by atoms with Gasteiger partial charge in [-0.3, -0.25) is 0 Å². The van der Waals surface area contributed by atoms with Crippen LogP contribution in [0.2, 0.25) is 0 Å². The third-order valence-corrected chi connectivity index (χ3v) is 2.95. The third-order valence-electron chi connectivity index (χ3n) is 2.95. The van der Waals surface area contributed by atoms with Crippen LogP contribution in [0.4, 0.5) is 0 Å². The van der Waals surface area contributed by atoms with Crippen molar-refractivity contribution in [3.63, 3.8) is 0 Å². The van der Waals surface area contributed by atoms with E-state index >= 15 is 0 Å².